The monoisotopic (exact) mass is 813 g/mol. The maximum atomic E-state index is 14.0. The maximum absolute atomic E-state index is 14.0. The second-order valence-electron chi connectivity index (χ2n) is 10.9. The van der Waals surface area contributed by atoms with Crippen molar-refractivity contribution in [2.45, 2.75) is 19.6 Å². The van der Waals surface area contributed by atoms with E-state index in [1.54, 1.807) is 43.4 Å². The molecule has 0 aliphatic carbocycles. The third kappa shape index (κ3) is 9.50. The van der Waals surface area contributed by atoms with Gasteiger partial charge in [0, 0.05) is 10.7 Å². The van der Waals surface area contributed by atoms with Gasteiger partial charge >= 0.3 is 0 Å². The number of amides is 3. The predicted octanol–water partition coefficient (Wildman–Crippen LogP) is 8.92. The van der Waals surface area contributed by atoms with Crippen molar-refractivity contribution in [2.75, 3.05) is 5.75 Å². The van der Waals surface area contributed by atoms with E-state index in [1.165, 1.54) is 11.0 Å². The van der Waals surface area contributed by atoms with E-state index in [0.29, 0.717) is 28.6 Å². The van der Waals surface area contributed by atoms with Crippen LogP contribution in [-0.4, -0.2) is 33.5 Å². The zero-order chi connectivity index (χ0) is 35.5. The Bertz CT molecular complexity index is 1950. The summed E-state index contributed by atoms with van der Waals surface area (Å²) in [6.45, 7) is 5.87. The summed E-state index contributed by atoms with van der Waals surface area (Å²) >= 11 is 9.16. The summed E-state index contributed by atoms with van der Waals surface area (Å²) in [5.41, 5.74) is 3.82. The number of rotatable bonds is 12. The highest BCUT2D eigenvalue weighted by atomic mass is 127. The third-order valence-electron chi connectivity index (χ3n) is 7.49. The van der Waals surface area contributed by atoms with E-state index >= 15 is 0 Å². The number of hydrogen-bond acceptors (Lipinski definition) is 5. The number of allylic oxidation sites excluding steroid dienone is 4. The molecule has 5 rings (SSSR count). The van der Waals surface area contributed by atoms with Gasteiger partial charge in [0.25, 0.3) is 11.8 Å². The SMILES string of the molecule is C=C/C=C\C(=C/C)N1C(=O)/C(=C/c2ccc(OCc3ccc(Cl)cc3)c(I)c2)C(=O)N=C1SCC(=O)NC(c1ccccc1)c1ccccc1. The highest BCUT2D eigenvalue weighted by Crippen LogP contribution is 2.29. The van der Waals surface area contributed by atoms with E-state index in [2.05, 4.69) is 39.5 Å². The molecule has 0 bridgehead atoms. The molecule has 1 aliphatic heterocycles. The number of aliphatic imine (C=N–C) groups is 1. The molecule has 3 amide bonds. The number of carbonyl (C=O) groups excluding carboxylic acids is 3. The van der Waals surface area contributed by atoms with Gasteiger partial charge < -0.3 is 10.1 Å². The topological polar surface area (TPSA) is 88.1 Å². The van der Waals surface area contributed by atoms with Gasteiger partial charge in [-0.1, -0.05) is 127 Å². The molecule has 0 aromatic heterocycles. The molecule has 4 aromatic carbocycles. The van der Waals surface area contributed by atoms with Gasteiger partial charge in [-0.3, -0.25) is 19.3 Å². The van der Waals surface area contributed by atoms with Gasteiger partial charge in [-0.2, -0.15) is 4.99 Å². The summed E-state index contributed by atoms with van der Waals surface area (Å²) in [5.74, 6) is -0.953. The molecule has 4 aromatic rings. The van der Waals surface area contributed by atoms with E-state index in [0.717, 1.165) is 32.0 Å². The Hall–Kier alpha value is -4.71. The van der Waals surface area contributed by atoms with Crippen LogP contribution in [0.4, 0.5) is 0 Å². The van der Waals surface area contributed by atoms with Gasteiger partial charge in [0.05, 0.1) is 15.4 Å². The Balaban J connectivity index is 1.36. The van der Waals surface area contributed by atoms with Gasteiger partial charge in [0.1, 0.15) is 17.9 Å². The standard InChI is InChI=1S/C40H33ClIN3O4S/c1-3-5-16-32(4-2)45-39(48)33(23-28-19-22-35(34(42)24-28)49-25-27-17-20-31(41)21-18-27)38(47)44-40(45)50-26-36(46)43-37(29-12-8-6-9-13-29)30-14-10-7-11-15-30/h3-24,37H,1,25-26H2,2H3,(H,43,46)/b16-5-,32-4+,33-23+. The summed E-state index contributed by atoms with van der Waals surface area (Å²) in [6.07, 6.45) is 8.23. The quantitative estimate of drug-likeness (QED) is 0.0669. The molecule has 0 saturated carbocycles. The average molecular weight is 814 g/mol. The summed E-state index contributed by atoms with van der Waals surface area (Å²) in [6, 6.07) is 31.8. The molecule has 1 aliphatic rings. The summed E-state index contributed by atoms with van der Waals surface area (Å²) in [4.78, 5) is 46.5. The van der Waals surface area contributed by atoms with Gasteiger partial charge in [-0.15, -0.1) is 0 Å². The molecule has 0 radical (unpaired) electrons. The van der Waals surface area contributed by atoms with Gasteiger partial charge in [0.15, 0.2) is 5.17 Å². The molecule has 10 heteroatoms. The van der Waals surface area contributed by atoms with E-state index in [-0.39, 0.29) is 28.4 Å². The van der Waals surface area contributed by atoms with Crippen LogP contribution in [0.2, 0.25) is 5.02 Å². The second-order valence-corrected chi connectivity index (χ2v) is 13.5. The first-order chi connectivity index (χ1) is 24.3. The minimum Gasteiger partial charge on any atom is -0.488 e. The first kappa shape index (κ1) is 36.6. The molecule has 0 fully saturated rings. The molecule has 252 valence electrons. The van der Waals surface area contributed by atoms with Crippen LogP contribution in [0, 0.1) is 3.57 Å². The van der Waals surface area contributed by atoms with Crippen molar-refractivity contribution >= 4 is 74.9 Å². The lowest BCUT2D eigenvalue weighted by molar-refractivity contribution is -0.126. The molecule has 0 spiro atoms. The summed E-state index contributed by atoms with van der Waals surface area (Å²) in [7, 11) is 0. The Labute approximate surface area is 314 Å². The zero-order valence-corrected chi connectivity index (χ0v) is 30.8. The predicted molar refractivity (Wildman–Crippen MR) is 211 cm³/mol. The van der Waals surface area contributed by atoms with Crippen molar-refractivity contribution in [1.29, 1.82) is 0 Å². The number of hydrogen-bond donors (Lipinski definition) is 1. The first-order valence-electron chi connectivity index (χ1n) is 15.6. The minimum absolute atomic E-state index is 0.0804. The maximum Gasteiger partial charge on any atom is 0.285 e. The van der Waals surface area contributed by atoms with Crippen LogP contribution < -0.4 is 10.1 Å². The fourth-order valence-corrected chi connectivity index (χ4v) is 6.66. The number of carbonyl (C=O) groups is 3. The number of benzene rings is 4. The molecule has 50 heavy (non-hydrogen) atoms. The Morgan fingerprint density at radius 1 is 1.00 bits per heavy atom. The van der Waals surface area contributed by atoms with Crippen LogP contribution in [0.25, 0.3) is 6.08 Å². The van der Waals surface area contributed by atoms with Crippen molar-refractivity contribution in [3.8, 4) is 5.75 Å². The molecule has 1 N–H and O–H groups in total. The largest absolute Gasteiger partial charge is 0.488 e. The second kappa shape index (κ2) is 17.8. The Morgan fingerprint density at radius 2 is 1.66 bits per heavy atom. The fourth-order valence-electron chi connectivity index (χ4n) is 5.03. The highest BCUT2D eigenvalue weighted by molar-refractivity contribution is 14.1. The van der Waals surface area contributed by atoms with E-state index in [4.69, 9.17) is 16.3 Å². The molecule has 7 nitrogen and oxygen atoms in total. The van der Waals surface area contributed by atoms with Crippen LogP contribution in [0.3, 0.4) is 0 Å². The number of ether oxygens (including phenoxy) is 1. The van der Waals surface area contributed by atoms with E-state index in [9.17, 15) is 14.4 Å². The lowest BCUT2D eigenvalue weighted by Gasteiger charge is -2.28. The van der Waals surface area contributed by atoms with Crippen LogP contribution in [0.5, 0.6) is 5.75 Å². The van der Waals surface area contributed by atoms with E-state index < -0.39 is 11.8 Å². The minimum atomic E-state index is -0.693. The normalized spacial score (nSPS) is 14.3. The zero-order valence-electron chi connectivity index (χ0n) is 27.1. The highest BCUT2D eigenvalue weighted by Gasteiger charge is 2.35. The first-order valence-corrected chi connectivity index (χ1v) is 18.0. The van der Waals surface area contributed by atoms with Crippen molar-refractivity contribution in [2.24, 2.45) is 4.99 Å². The molecular weight excluding hydrogens is 781 g/mol. The Kier molecular flexibility index (Phi) is 13.0. The number of nitrogens with one attached hydrogen (secondary N) is 1. The number of nitrogens with zero attached hydrogens (tertiary/aromatic N) is 2. The average Bonchev–Trinajstić information content (AvgIpc) is 3.13. The van der Waals surface area contributed by atoms with Crippen molar-refractivity contribution < 1.29 is 19.1 Å². The number of amidine groups is 1. The van der Waals surface area contributed by atoms with Crippen molar-refractivity contribution in [3.05, 3.63) is 176 Å². The van der Waals surface area contributed by atoms with Crippen molar-refractivity contribution in [1.82, 2.24) is 10.2 Å². The fraction of sp³-hybridized carbons (Fsp3) is 0.100. The molecule has 0 atom stereocenters. The van der Waals surface area contributed by atoms with Gasteiger partial charge in [-0.25, -0.2) is 0 Å². The van der Waals surface area contributed by atoms with Gasteiger partial charge in [0.2, 0.25) is 5.91 Å². The van der Waals surface area contributed by atoms with Crippen molar-refractivity contribution in [3.63, 3.8) is 0 Å². The van der Waals surface area contributed by atoms with Crippen LogP contribution >= 0.6 is 46.0 Å². The lowest BCUT2D eigenvalue weighted by atomic mass is 9.99. The lowest BCUT2D eigenvalue weighted by Crippen LogP contribution is -2.42. The molecule has 0 saturated heterocycles. The Morgan fingerprint density at radius 3 is 2.26 bits per heavy atom. The summed E-state index contributed by atoms with van der Waals surface area (Å²) < 4.78 is 6.79. The molecule has 1 heterocycles. The van der Waals surface area contributed by atoms with Crippen LogP contribution in [0.15, 0.2) is 150 Å². The molecule has 0 unspecified atom stereocenters. The summed E-state index contributed by atoms with van der Waals surface area (Å²) in [5, 5.41) is 3.86. The van der Waals surface area contributed by atoms with Crippen LogP contribution in [0.1, 0.15) is 35.2 Å². The van der Waals surface area contributed by atoms with Gasteiger partial charge in [-0.05, 0) is 88.2 Å². The van der Waals surface area contributed by atoms with E-state index in [1.807, 2.05) is 91.0 Å². The number of thioether (sulfide) groups is 1. The third-order valence-corrected chi connectivity index (χ3v) is 9.52. The molecular formula is C40H33ClIN3O4S. The number of halogens is 2. The smallest absolute Gasteiger partial charge is 0.285 e. The van der Waals surface area contributed by atoms with Crippen LogP contribution in [-0.2, 0) is 21.0 Å².